The summed E-state index contributed by atoms with van der Waals surface area (Å²) in [7, 11) is 4.50. The molecule has 3 heterocycles. The third-order valence-electron chi connectivity index (χ3n) is 4.26. The number of hydrogen-bond acceptors (Lipinski definition) is 3. The van der Waals surface area contributed by atoms with Crippen LogP contribution < -0.4 is 0 Å². The maximum Gasteiger partial charge on any atom is 0.0239 e. The lowest BCUT2D eigenvalue weighted by atomic mass is 10.00. The normalized spacial score (nSPS) is 40.7. The Kier molecular flexibility index (Phi) is 2.08. The Balaban J connectivity index is 1.52. The second-order valence-electron chi connectivity index (χ2n) is 5.52. The number of fused-ring (bicyclic) bond motifs is 2. The first-order valence-electron chi connectivity index (χ1n) is 5.85. The van der Waals surface area contributed by atoms with Gasteiger partial charge in [0.15, 0.2) is 0 Å². The van der Waals surface area contributed by atoms with E-state index in [1.54, 1.807) is 0 Å². The maximum absolute atomic E-state index is 2.74. The zero-order valence-corrected chi connectivity index (χ0v) is 9.32. The van der Waals surface area contributed by atoms with Crippen molar-refractivity contribution in [1.82, 2.24) is 14.7 Å². The molecule has 80 valence electrons. The average molecular weight is 195 g/mol. The lowest BCUT2D eigenvalue weighted by Crippen LogP contribution is -2.53. The Labute approximate surface area is 86.7 Å². The van der Waals surface area contributed by atoms with Crippen molar-refractivity contribution in [3.63, 3.8) is 0 Å². The third-order valence-corrected chi connectivity index (χ3v) is 4.26. The van der Waals surface area contributed by atoms with Gasteiger partial charge in [-0.25, -0.2) is 0 Å². The fraction of sp³-hybridized carbons (Fsp3) is 1.00. The van der Waals surface area contributed by atoms with E-state index in [9.17, 15) is 0 Å². The summed E-state index contributed by atoms with van der Waals surface area (Å²) in [6.45, 7) is 6.65. The van der Waals surface area contributed by atoms with Crippen molar-refractivity contribution in [2.24, 2.45) is 5.92 Å². The van der Waals surface area contributed by atoms with Crippen molar-refractivity contribution in [2.45, 2.75) is 18.5 Å². The molecule has 0 N–H and O–H groups in total. The fourth-order valence-electron chi connectivity index (χ4n) is 3.45. The Hall–Kier alpha value is -0.120. The van der Waals surface area contributed by atoms with Gasteiger partial charge in [0.05, 0.1) is 0 Å². The molecule has 0 aromatic carbocycles. The van der Waals surface area contributed by atoms with E-state index in [1.807, 2.05) is 0 Å². The van der Waals surface area contributed by atoms with Crippen LogP contribution in [0, 0.1) is 5.92 Å². The number of likely N-dealkylation sites (tertiary alicyclic amines) is 3. The summed E-state index contributed by atoms with van der Waals surface area (Å²) in [5.41, 5.74) is 0. The zero-order valence-electron chi connectivity index (χ0n) is 9.32. The van der Waals surface area contributed by atoms with Gasteiger partial charge in [0, 0.05) is 44.8 Å². The van der Waals surface area contributed by atoms with Crippen LogP contribution in [0.2, 0.25) is 0 Å². The SMILES string of the molecule is CN1CC(CN2CC3CC2CN3C)C1. The Morgan fingerprint density at radius 2 is 1.79 bits per heavy atom. The highest BCUT2D eigenvalue weighted by atomic mass is 15.3. The summed E-state index contributed by atoms with van der Waals surface area (Å²) in [4.78, 5) is 7.70. The molecule has 0 spiro atoms. The van der Waals surface area contributed by atoms with Gasteiger partial charge in [-0.1, -0.05) is 0 Å². The van der Waals surface area contributed by atoms with E-state index in [0.29, 0.717) is 0 Å². The molecule has 3 nitrogen and oxygen atoms in total. The smallest absolute Gasteiger partial charge is 0.0239 e. The first-order valence-corrected chi connectivity index (χ1v) is 5.85. The molecule has 0 aromatic heterocycles. The maximum atomic E-state index is 2.74. The van der Waals surface area contributed by atoms with Gasteiger partial charge in [-0.3, -0.25) is 4.90 Å². The molecule has 2 bridgehead atoms. The van der Waals surface area contributed by atoms with Gasteiger partial charge in [0.1, 0.15) is 0 Å². The minimum Gasteiger partial charge on any atom is -0.306 e. The molecule has 3 fully saturated rings. The first-order chi connectivity index (χ1) is 6.72. The van der Waals surface area contributed by atoms with Gasteiger partial charge in [-0.15, -0.1) is 0 Å². The van der Waals surface area contributed by atoms with Crippen LogP contribution >= 0.6 is 0 Å². The van der Waals surface area contributed by atoms with Crippen LogP contribution in [0.5, 0.6) is 0 Å². The van der Waals surface area contributed by atoms with E-state index >= 15 is 0 Å². The van der Waals surface area contributed by atoms with Crippen LogP contribution in [0.3, 0.4) is 0 Å². The lowest BCUT2D eigenvalue weighted by molar-refractivity contribution is 0.0648. The number of rotatable bonds is 2. The molecule has 0 amide bonds. The van der Waals surface area contributed by atoms with Gasteiger partial charge in [0.2, 0.25) is 0 Å². The Bertz CT molecular complexity index is 223. The molecule has 3 aliphatic rings. The summed E-state index contributed by atoms with van der Waals surface area (Å²) >= 11 is 0. The van der Waals surface area contributed by atoms with E-state index in [4.69, 9.17) is 0 Å². The minimum atomic E-state index is 0.873. The summed E-state index contributed by atoms with van der Waals surface area (Å²) in [5.74, 6) is 0.963. The molecule has 3 rings (SSSR count). The molecule has 3 saturated heterocycles. The predicted octanol–water partition coefficient (Wildman–Crippen LogP) is -0.0637. The van der Waals surface area contributed by atoms with E-state index < -0.39 is 0 Å². The quantitative estimate of drug-likeness (QED) is 0.611. The average Bonchev–Trinajstić information content (AvgIpc) is 2.60. The molecule has 2 unspecified atom stereocenters. The first kappa shape index (κ1) is 9.13. The van der Waals surface area contributed by atoms with Crippen molar-refractivity contribution in [3.05, 3.63) is 0 Å². The largest absolute Gasteiger partial charge is 0.306 e. The van der Waals surface area contributed by atoms with E-state index in [1.165, 1.54) is 39.1 Å². The van der Waals surface area contributed by atoms with Crippen LogP contribution in [0.25, 0.3) is 0 Å². The van der Waals surface area contributed by atoms with Gasteiger partial charge < -0.3 is 9.80 Å². The van der Waals surface area contributed by atoms with Crippen molar-refractivity contribution in [1.29, 1.82) is 0 Å². The summed E-state index contributed by atoms with van der Waals surface area (Å²) in [5, 5.41) is 0. The highest BCUT2D eigenvalue weighted by molar-refractivity contribution is 4.99. The molecule has 0 aliphatic carbocycles. The zero-order chi connectivity index (χ0) is 9.71. The van der Waals surface area contributed by atoms with Crippen LogP contribution in [0.15, 0.2) is 0 Å². The molecular formula is C11H21N3. The molecule has 14 heavy (non-hydrogen) atoms. The molecule has 3 aliphatic heterocycles. The standard InChI is InChI=1S/C11H21N3/c1-12-4-9(5-12)6-14-8-10-3-11(14)7-13(10)2/h9-11H,3-8H2,1-2H3. The van der Waals surface area contributed by atoms with Crippen molar-refractivity contribution >= 4 is 0 Å². The Morgan fingerprint density at radius 1 is 1.00 bits per heavy atom. The highest BCUT2D eigenvalue weighted by Gasteiger charge is 2.42. The summed E-state index contributed by atoms with van der Waals surface area (Å²) in [6, 6.07) is 1.76. The van der Waals surface area contributed by atoms with Crippen LogP contribution in [-0.4, -0.2) is 73.6 Å². The van der Waals surface area contributed by atoms with E-state index in [2.05, 4.69) is 28.8 Å². The fourth-order valence-corrected chi connectivity index (χ4v) is 3.45. The third kappa shape index (κ3) is 1.38. The number of piperazine rings is 1. The topological polar surface area (TPSA) is 9.72 Å². The second kappa shape index (κ2) is 3.19. The van der Waals surface area contributed by atoms with Gasteiger partial charge >= 0.3 is 0 Å². The van der Waals surface area contributed by atoms with Crippen LogP contribution in [0.4, 0.5) is 0 Å². The lowest BCUT2D eigenvalue weighted by Gasteiger charge is -2.41. The van der Waals surface area contributed by atoms with Crippen molar-refractivity contribution in [2.75, 3.05) is 46.8 Å². The predicted molar refractivity (Wildman–Crippen MR) is 57.4 cm³/mol. The molecule has 3 heteroatoms. The number of hydrogen-bond donors (Lipinski definition) is 0. The molecule has 0 aromatic rings. The molecular weight excluding hydrogens is 174 g/mol. The number of likely N-dealkylation sites (N-methyl/N-ethyl adjacent to an activating group) is 1. The van der Waals surface area contributed by atoms with E-state index in [0.717, 1.165) is 18.0 Å². The van der Waals surface area contributed by atoms with Crippen LogP contribution in [-0.2, 0) is 0 Å². The van der Waals surface area contributed by atoms with Gasteiger partial charge in [-0.2, -0.15) is 0 Å². The molecule has 0 radical (unpaired) electrons. The summed E-state index contributed by atoms with van der Waals surface area (Å²) in [6.07, 6.45) is 1.43. The highest BCUT2D eigenvalue weighted by Crippen LogP contribution is 2.30. The van der Waals surface area contributed by atoms with Crippen molar-refractivity contribution in [3.8, 4) is 0 Å². The van der Waals surface area contributed by atoms with Gasteiger partial charge in [-0.05, 0) is 26.4 Å². The molecule has 2 atom stereocenters. The van der Waals surface area contributed by atoms with Crippen molar-refractivity contribution < 1.29 is 0 Å². The number of nitrogens with zero attached hydrogens (tertiary/aromatic N) is 3. The second-order valence-corrected chi connectivity index (χ2v) is 5.52. The van der Waals surface area contributed by atoms with Crippen LogP contribution in [0.1, 0.15) is 6.42 Å². The monoisotopic (exact) mass is 195 g/mol. The summed E-state index contributed by atoms with van der Waals surface area (Å²) < 4.78 is 0. The van der Waals surface area contributed by atoms with E-state index in [-0.39, 0.29) is 0 Å². The van der Waals surface area contributed by atoms with Gasteiger partial charge in [0.25, 0.3) is 0 Å². The Morgan fingerprint density at radius 3 is 2.29 bits per heavy atom. The molecule has 0 saturated carbocycles. The minimum absolute atomic E-state index is 0.873.